The highest BCUT2D eigenvalue weighted by atomic mass is 14.4. The van der Waals surface area contributed by atoms with Crippen molar-refractivity contribution in [1.82, 2.24) is 0 Å². The molecule has 216 valence electrons. The molecule has 7 aromatic rings. The second-order valence-corrected chi connectivity index (χ2v) is 13.1. The van der Waals surface area contributed by atoms with E-state index < -0.39 is 0 Å². The molecule has 0 heterocycles. The number of rotatable bonds is 6. The molecule has 0 aliphatic heterocycles. The minimum Gasteiger partial charge on any atom is -0.0653 e. The normalized spacial score (nSPS) is 13.6. The van der Waals surface area contributed by atoms with Gasteiger partial charge in [-0.1, -0.05) is 142 Å². The van der Waals surface area contributed by atoms with Crippen LogP contribution >= 0.6 is 0 Å². The maximum atomic E-state index is 2.52. The highest BCUT2D eigenvalue weighted by molar-refractivity contribution is 6.18. The van der Waals surface area contributed by atoms with Gasteiger partial charge < -0.3 is 0 Å². The Bertz CT molecular complexity index is 2260. The Balaban J connectivity index is 1.16. The van der Waals surface area contributed by atoms with Crippen LogP contribution < -0.4 is 0 Å². The van der Waals surface area contributed by atoms with Crippen LogP contribution in [0.15, 0.2) is 133 Å². The third-order valence-electron chi connectivity index (χ3n) is 10.7. The molecule has 0 nitrogen and oxygen atoms in total. The van der Waals surface area contributed by atoms with E-state index in [1.807, 2.05) is 0 Å². The molecule has 7 aromatic carbocycles. The first-order chi connectivity index (χ1) is 22.2. The second-order valence-electron chi connectivity index (χ2n) is 13.1. The van der Waals surface area contributed by atoms with Crippen LogP contribution in [0.1, 0.15) is 50.7 Å². The molecule has 0 bridgehead atoms. The Hall–Kier alpha value is -4.94. The van der Waals surface area contributed by atoms with E-state index >= 15 is 0 Å². The van der Waals surface area contributed by atoms with E-state index in [-0.39, 0.29) is 5.41 Å². The van der Waals surface area contributed by atoms with Crippen molar-refractivity contribution >= 4 is 21.5 Å². The van der Waals surface area contributed by atoms with Crippen molar-refractivity contribution in [3.63, 3.8) is 0 Å². The lowest BCUT2D eigenvalue weighted by Gasteiger charge is -2.32. The van der Waals surface area contributed by atoms with Crippen molar-refractivity contribution < 1.29 is 0 Å². The summed E-state index contributed by atoms with van der Waals surface area (Å²) in [6, 6.07) is 50.7. The van der Waals surface area contributed by atoms with E-state index in [4.69, 9.17) is 0 Å². The van der Waals surface area contributed by atoms with Crippen LogP contribution in [0.2, 0.25) is 0 Å². The van der Waals surface area contributed by atoms with Gasteiger partial charge in [-0.25, -0.2) is 0 Å². The third-order valence-corrected chi connectivity index (χ3v) is 10.7. The second kappa shape index (κ2) is 10.0. The molecular formula is C45H36. The van der Waals surface area contributed by atoms with Crippen LogP contribution in [-0.2, 0) is 5.41 Å². The molecule has 0 saturated carbocycles. The Morgan fingerprint density at radius 3 is 1.73 bits per heavy atom. The molecule has 0 atom stereocenters. The molecule has 0 heteroatoms. The fourth-order valence-corrected chi connectivity index (χ4v) is 8.81. The topological polar surface area (TPSA) is 0 Å². The van der Waals surface area contributed by atoms with E-state index in [0.29, 0.717) is 0 Å². The highest BCUT2D eigenvalue weighted by Gasteiger charge is 2.41. The van der Waals surface area contributed by atoms with Crippen LogP contribution in [0.4, 0.5) is 0 Å². The third kappa shape index (κ3) is 3.78. The maximum absolute atomic E-state index is 2.52. The zero-order valence-electron chi connectivity index (χ0n) is 26.0. The zero-order chi connectivity index (χ0) is 30.1. The van der Waals surface area contributed by atoms with Crippen molar-refractivity contribution in [3.05, 3.63) is 145 Å². The van der Waals surface area contributed by atoms with Crippen LogP contribution in [0.25, 0.3) is 77.2 Å². The molecule has 0 fully saturated rings. The lowest BCUT2D eigenvalue weighted by molar-refractivity contribution is 0.436. The summed E-state index contributed by atoms with van der Waals surface area (Å²) in [5.74, 6) is 0. The summed E-state index contributed by atoms with van der Waals surface area (Å²) in [6.07, 6.45) is 4.74. The lowest BCUT2D eigenvalue weighted by Crippen LogP contribution is -2.25. The molecule has 45 heavy (non-hydrogen) atoms. The van der Waals surface area contributed by atoms with E-state index in [0.717, 1.165) is 0 Å². The van der Waals surface area contributed by atoms with Gasteiger partial charge in [-0.2, -0.15) is 0 Å². The predicted molar refractivity (Wildman–Crippen MR) is 193 cm³/mol. The van der Waals surface area contributed by atoms with Crippen molar-refractivity contribution in [2.24, 2.45) is 0 Å². The smallest absolute Gasteiger partial charge is 0.0215 e. The molecule has 0 spiro atoms. The number of hydrogen-bond acceptors (Lipinski definition) is 0. The van der Waals surface area contributed by atoms with Gasteiger partial charge in [0, 0.05) is 5.41 Å². The zero-order valence-corrected chi connectivity index (χ0v) is 26.0. The Morgan fingerprint density at radius 2 is 0.956 bits per heavy atom. The van der Waals surface area contributed by atoms with E-state index in [1.54, 1.807) is 0 Å². The molecule has 2 aliphatic rings. The van der Waals surface area contributed by atoms with Crippen LogP contribution in [0.5, 0.6) is 0 Å². The van der Waals surface area contributed by atoms with Crippen molar-refractivity contribution in [2.45, 2.75) is 44.9 Å². The van der Waals surface area contributed by atoms with Gasteiger partial charge in [0.15, 0.2) is 0 Å². The first-order valence-electron chi connectivity index (χ1n) is 16.6. The van der Waals surface area contributed by atoms with Crippen LogP contribution in [0, 0.1) is 0 Å². The van der Waals surface area contributed by atoms with E-state index in [9.17, 15) is 0 Å². The van der Waals surface area contributed by atoms with Gasteiger partial charge in [0.2, 0.25) is 0 Å². The molecule has 0 saturated heterocycles. The lowest BCUT2D eigenvalue weighted by atomic mass is 9.71. The van der Waals surface area contributed by atoms with E-state index in [1.165, 1.54) is 114 Å². The molecule has 0 N–H and O–H groups in total. The number of benzene rings is 7. The molecule has 0 unspecified atom stereocenters. The van der Waals surface area contributed by atoms with Gasteiger partial charge in [0.25, 0.3) is 0 Å². The predicted octanol–water partition coefficient (Wildman–Crippen LogP) is 12.8. The van der Waals surface area contributed by atoms with Crippen LogP contribution in [0.3, 0.4) is 0 Å². The molecular weight excluding hydrogens is 540 g/mol. The minimum absolute atomic E-state index is 0.102. The van der Waals surface area contributed by atoms with Gasteiger partial charge in [-0.3, -0.25) is 0 Å². The summed E-state index contributed by atoms with van der Waals surface area (Å²) in [5, 5.41) is 5.28. The first kappa shape index (κ1) is 26.5. The summed E-state index contributed by atoms with van der Waals surface area (Å²) >= 11 is 0. The average Bonchev–Trinajstić information content (AvgIpc) is 3.56. The summed E-state index contributed by atoms with van der Waals surface area (Å²) in [5.41, 5.74) is 16.6. The number of fused-ring (bicyclic) bond motifs is 7. The quantitative estimate of drug-likeness (QED) is 0.185. The fraction of sp³-hybridized carbons (Fsp3) is 0.156. The first-order valence-corrected chi connectivity index (χ1v) is 16.6. The van der Waals surface area contributed by atoms with Gasteiger partial charge in [0.05, 0.1) is 0 Å². The molecule has 2 aliphatic carbocycles. The summed E-state index contributed by atoms with van der Waals surface area (Å²) in [4.78, 5) is 0. The minimum atomic E-state index is 0.102. The van der Waals surface area contributed by atoms with Gasteiger partial charge >= 0.3 is 0 Å². The molecule has 0 aromatic heterocycles. The molecule has 0 radical (unpaired) electrons. The fourth-order valence-electron chi connectivity index (χ4n) is 8.81. The molecule has 9 rings (SSSR count). The summed E-state index contributed by atoms with van der Waals surface area (Å²) < 4.78 is 0. The SMILES string of the molecule is CCCC1(CCC)c2ccccc2-c2ccc(-c3ccc4ccc(-c5ccc6c7c(cccc57)-c5ccccc5-6)cc4c3)cc21. The summed E-state index contributed by atoms with van der Waals surface area (Å²) in [6.45, 7) is 4.67. The molecule has 0 amide bonds. The van der Waals surface area contributed by atoms with Gasteiger partial charge in [-0.15, -0.1) is 0 Å². The maximum Gasteiger partial charge on any atom is 0.0215 e. The van der Waals surface area contributed by atoms with Crippen molar-refractivity contribution in [2.75, 3.05) is 0 Å². The van der Waals surface area contributed by atoms with Crippen molar-refractivity contribution in [3.8, 4) is 55.6 Å². The standard InChI is InChI=1S/C45H36/c1-3-24-45(25-4-2)42-15-8-7-12-37(42)38-21-20-31(28-43(38)45)30-18-16-29-17-19-32(27-33(29)26-30)34-22-23-41-36-11-6-5-10-35(36)40-14-9-13-39(34)44(40)41/h5-23,26-28H,3-4,24-25H2,1-2H3. The Morgan fingerprint density at radius 1 is 0.400 bits per heavy atom. The average molecular weight is 577 g/mol. The van der Waals surface area contributed by atoms with Crippen LogP contribution in [-0.4, -0.2) is 0 Å². The monoisotopic (exact) mass is 576 g/mol. The Labute approximate surface area is 266 Å². The summed E-state index contributed by atoms with van der Waals surface area (Å²) in [7, 11) is 0. The largest absolute Gasteiger partial charge is 0.0653 e. The Kier molecular flexibility index (Phi) is 5.91. The number of hydrogen-bond donors (Lipinski definition) is 0. The van der Waals surface area contributed by atoms with Gasteiger partial charge in [-0.05, 0) is 119 Å². The van der Waals surface area contributed by atoms with Gasteiger partial charge in [0.1, 0.15) is 0 Å². The van der Waals surface area contributed by atoms with Crippen molar-refractivity contribution in [1.29, 1.82) is 0 Å². The van der Waals surface area contributed by atoms with E-state index in [2.05, 4.69) is 147 Å². The highest BCUT2D eigenvalue weighted by Crippen LogP contribution is 2.54.